The van der Waals surface area contributed by atoms with E-state index in [1.165, 1.54) is 12.1 Å². The van der Waals surface area contributed by atoms with E-state index in [-0.39, 0.29) is 0 Å². The van der Waals surface area contributed by atoms with Crippen LogP contribution in [0.3, 0.4) is 0 Å². The van der Waals surface area contributed by atoms with Crippen LogP contribution in [0.25, 0.3) is 0 Å². The Hall–Kier alpha value is -2.90. The molecule has 0 spiro atoms. The SMILES string of the molecule is CN=C(NCC1CCN(c2ccc(F)c(F)c2)C1)N1CCN(c2ccccn2)CC1. The molecule has 160 valence electrons. The van der Waals surface area contributed by atoms with Gasteiger partial charge >= 0.3 is 0 Å². The van der Waals surface area contributed by atoms with E-state index in [1.54, 1.807) is 6.07 Å². The molecule has 6 nitrogen and oxygen atoms in total. The minimum atomic E-state index is -0.803. The molecule has 1 N–H and O–H groups in total. The van der Waals surface area contributed by atoms with Crippen LogP contribution in [0, 0.1) is 17.6 Å². The lowest BCUT2D eigenvalue weighted by Crippen LogP contribution is -2.53. The molecule has 30 heavy (non-hydrogen) atoms. The minimum absolute atomic E-state index is 0.435. The van der Waals surface area contributed by atoms with Crippen LogP contribution in [0.4, 0.5) is 20.3 Å². The Morgan fingerprint density at radius 1 is 1.07 bits per heavy atom. The van der Waals surface area contributed by atoms with Crippen molar-refractivity contribution in [3.8, 4) is 0 Å². The number of hydrogen-bond donors (Lipinski definition) is 1. The smallest absolute Gasteiger partial charge is 0.193 e. The lowest BCUT2D eigenvalue weighted by Gasteiger charge is -2.37. The zero-order valence-electron chi connectivity index (χ0n) is 17.3. The molecule has 8 heteroatoms. The lowest BCUT2D eigenvalue weighted by molar-refractivity contribution is 0.368. The van der Waals surface area contributed by atoms with Gasteiger partial charge in [0.1, 0.15) is 5.82 Å². The number of halogens is 2. The summed E-state index contributed by atoms with van der Waals surface area (Å²) in [5, 5.41) is 3.51. The Balaban J connectivity index is 1.26. The van der Waals surface area contributed by atoms with Crippen molar-refractivity contribution in [2.45, 2.75) is 6.42 Å². The maximum Gasteiger partial charge on any atom is 0.193 e. The van der Waals surface area contributed by atoms with Gasteiger partial charge in [0.15, 0.2) is 17.6 Å². The molecule has 2 fully saturated rings. The van der Waals surface area contributed by atoms with Crippen LogP contribution in [0.1, 0.15) is 6.42 Å². The zero-order chi connectivity index (χ0) is 20.9. The second-order valence-electron chi connectivity index (χ2n) is 7.79. The zero-order valence-corrected chi connectivity index (χ0v) is 17.3. The van der Waals surface area contributed by atoms with Crippen LogP contribution in [-0.2, 0) is 0 Å². The third-order valence-corrected chi connectivity index (χ3v) is 5.87. The number of nitrogens with zero attached hydrogens (tertiary/aromatic N) is 5. The Morgan fingerprint density at radius 2 is 1.90 bits per heavy atom. The lowest BCUT2D eigenvalue weighted by atomic mass is 10.1. The number of rotatable bonds is 4. The van der Waals surface area contributed by atoms with Crippen LogP contribution >= 0.6 is 0 Å². The van der Waals surface area contributed by atoms with Gasteiger partial charge in [-0.05, 0) is 36.6 Å². The van der Waals surface area contributed by atoms with E-state index >= 15 is 0 Å². The first kappa shape index (κ1) is 20.4. The van der Waals surface area contributed by atoms with Crippen LogP contribution < -0.4 is 15.1 Å². The quantitative estimate of drug-likeness (QED) is 0.616. The van der Waals surface area contributed by atoms with Crippen LogP contribution in [0.2, 0.25) is 0 Å². The van der Waals surface area contributed by atoms with Gasteiger partial charge in [-0.15, -0.1) is 0 Å². The van der Waals surface area contributed by atoms with Crippen molar-refractivity contribution in [1.82, 2.24) is 15.2 Å². The molecule has 0 radical (unpaired) electrons. The number of guanidine groups is 1. The number of nitrogens with one attached hydrogen (secondary N) is 1. The van der Waals surface area contributed by atoms with Gasteiger partial charge in [-0.25, -0.2) is 13.8 Å². The van der Waals surface area contributed by atoms with Gasteiger partial charge in [-0.2, -0.15) is 0 Å². The summed E-state index contributed by atoms with van der Waals surface area (Å²) in [7, 11) is 1.82. The highest BCUT2D eigenvalue weighted by Crippen LogP contribution is 2.25. The van der Waals surface area contributed by atoms with E-state index in [1.807, 2.05) is 31.4 Å². The summed E-state index contributed by atoms with van der Waals surface area (Å²) >= 11 is 0. The molecular weight excluding hydrogens is 386 g/mol. The third kappa shape index (κ3) is 4.63. The molecule has 1 aromatic carbocycles. The molecule has 2 aliphatic rings. The normalized spacial score (nSPS) is 20.0. The van der Waals surface area contributed by atoms with E-state index < -0.39 is 11.6 Å². The number of aliphatic imine (C=N–C) groups is 1. The molecule has 2 aliphatic heterocycles. The summed E-state index contributed by atoms with van der Waals surface area (Å²) in [6.07, 6.45) is 2.84. The molecule has 3 heterocycles. The number of pyridine rings is 1. The molecule has 0 bridgehead atoms. The monoisotopic (exact) mass is 414 g/mol. The second kappa shape index (κ2) is 9.28. The third-order valence-electron chi connectivity index (χ3n) is 5.87. The summed E-state index contributed by atoms with van der Waals surface area (Å²) in [5.74, 6) is 0.775. The number of benzene rings is 1. The van der Waals surface area contributed by atoms with Crippen molar-refractivity contribution in [3.63, 3.8) is 0 Å². The van der Waals surface area contributed by atoms with Crippen LogP contribution in [-0.4, -0.2) is 68.7 Å². The first-order chi connectivity index (χ1) is 14.6. The van der Waals surface area contributed by atoms with Crippen molar-refractivity contribution in [2.24, 2.45) is 10.9 Å². The Bertz CT molecular complexity index is 867. The molecule has 0 amide bonds. The molecule has 1 unspecified atom stereocenters. The van der Waals surface area contributed by atoms with Gasteiger partial charge in [0.05, 0.1) is 0 Å². The van der Waals surface area contributed by atoms with E-state index in [2.05, 4.69) is 30.0 Å². The van der Waals surface area contributed by atoms with Crippen molar-refractivity contribution in [3.05, 3.63) is 54.2 Å². The Kier molecular flexibility index (Phi) is 6.30. The first-order valence-electron chi connectivity index (χ1n) is 10.5. The van der Waals surface area contributed by atoms with Gasteiger partial charge in [0.2, 0.25) is 0 Å². The molecule has 1 atom stereocenters. The Labute approximate surface area is 176 Å². The predicted molar refractivity (Wildman–Crippen MR) is 116 cm³/mol. The fourth-order valence-electron chi connectivity index (χ4n) is 4.17. The maximum absolute atomic E-state index is 13.5. The summed E-state index contributed by atoms with van der Waals surface area (Å²) in [6, 6.07) is 10.1. The number of piperazine rings is 1. The van der Waals surface area contributed by atoms with Gasteiger partial charge < -0.3 is 20.0 Å². The fourth-order valence-corrected chi connectivity index (χ4v) is 4.17. The number of anilines is 2. The number of aromatic nitrogens is 1. The van der Waals surface area contributed by atoms with Gasteiger partial charge in [0, 0.05) is 70.8 Å². The Morgan fingerprint density at radius 3 is 2.60 bits per heavy atom. The summed E-state index contributed by atoms with van der Waals surface area (Å²) < 4.78 is 26.7. The molecule has 2 aromatic rings. The van der Waals surface area contributed by atoms with E-state index in [4.69, 9.17) is 0 Å². The fraction of sp³-hybridized carbons (Fsp3) is 0.455. The van der Waals surface area contributed by atoms with Crippen molar-refractivity contribution < 1.29 is 8.78 Å². The van der Waals surface area contributed by atoms with E-state index in [0.717, 1.165) is 69.7 Å². The minimum Gasteiger partial charge on any atom is -0.371 e. The summed E-state index contributed by atoms with van der Waals surface area (Å²) in [5.41, 5.74) is 0.742. The topological polar surface area (TPSA) is 47.0 Å². The summed E-state index contributed by atoms with van der Waals surface area (Å²) in [4.78, 5) is 15.6. The largest absolute Gasteiger partial charge is 0.371 e. The average Bonchev–Trinajstić information content (AvgIpc) is 3.26. The summed E-state index contributed by atoms with van der Waals surface area (Å²) in [6.45, 7) is 6.08. The second-order valence-corrected chi connectivity index (χ2v) is 7.79. The highest BCUT2D eigenvalue weighted by Gasteiger charge is 2.25. The first-order valence-corrected chi connectivity index (χ1v) is 10.5. The van der Waals surface area contributed by atoms with Gasteiger partial charge in [-0.1, -0.05) is 6.07 Å². The molecule has 0 saturated carbocycles. The highest BCUT2D eigenvalue weighted by molar-refractivity contribution is 5.80. The van der Waals surface area contributed by atoms with Gasteiger partial charge in [0.25, 0.3) is 0 Å². The van der Waals surface area contributed by atoms with Crippen LogP contribution in [0.5, 0.6) is 0 Å². The predicted octanol–water partition coefficient (Wildman–Crippen LogP) is 2.58. The molecule has 1 aromatic heterocycles. The van der Waals surface area contributed by atoms with Gasteiger partial charge in [-0.3, -0.25) is 4.99 Å². The van der Waals surface area contributed by atoms with E-state index in [9.17, 15) is 8.78 Å². The average molecular weight is 415 g/mol. The van der Waals surface area contributed by atoms with E-state index in [0.29, 0.717) is 5.92 Å². The molecule has 4 rings (SSSR count). The standard InChI is InChI=1S/C22H28F2N6/c1-25-22(29-12-10-28(11-13-29)21-4-2-3-8-26-21)27-15-17-7-9-30(16-17)18-5-6-19(23)20(24)14-18/h2-6,8,14,17H,7,9-13,15-16H2,1H3,(H,25,27). The van der Waals surface area contributed by atoms with Crippen LogP contribution in [0.15, 0.2) is 47.6 Å². The highest BCUT2D eigenvalue weighted by atomic mass is 19.2. The molecular formula is C22H28F2N6. The van der Waals surface area contributed by atoms with Crippen molar-refractivity contribution in [1.29, 1.82) is 0 Å². The molecule has 2 saturated heterocycles. The molecule has 0 aliphatic carbocycles. The van der Waals surface area contributed by atoms with Crippen molar-refractivity contribution in [2.75, 3.05) is 62.7 Å². The van der Waals surface area contributed by atoms with Crippen molar-refractivity contribution >= 4 is 17.5 Å². The maximum atomic E-state index is 13.5. The number of hydrogen-bond acceptors (Lipinski definition) is 4.